The predicted molar refractivity (Wildman–Crippen MR) is 139 cm³/mol. The van der Waals surface area contributed by atoms with Crippen LogP contribution in [0.15, 0.2) is 36.4 Å². The van der Waals surface area contributed by atoms with Crippen LogP contribution in [0.2, 0.25) is 0 Å². The van der Waals surface area contributed by atoms with Gasteiger partial charge in [0.2, 0.25) is 0 Å². The Morgan fingerprint density at radius 3 is 2.55 bits per heavy atom. The van der Waals surface area contributed by atoms with E-state index in [0.717, 1.165) is 61.8 Å². The molecular formula is C28H39N5. The van der Waals surface area contributed by atoms with Crippen molar-refractivity contribution in [3.63, 3.8) is 0 Å². The van der Waals surface area contributed by atoms with E-state index in [-0.39, 0.29) is 0 Å². The molecule has 33 heavy (non-hydrogen) atoms. The van der Waals surface area contributed by atoms with E-state index in [0.29, 0.717) is 12.0 Å². The molecule has 1 aromatic carbocycles. The SMILES string of the molecule is CCc1nc2c(C)cc(C)nc2n1Cc1ccc(/C=C/CN2CCN(C)C[C@@H]2C(C)C)cc1. The molecule has 0 aliphatic carbocycles. The van der Waals surface area contributed by atoms with Gasteiger partial charge < -0.3 is 9.47 Å². The lowest BCUT2D eigenvalue weighted by Gasteiger charge is -2.41. The molecule has 1 aliphatic heterocycles. The number of nitrogens with zero attached hydrogens (tertiary/aromatic N) is 5. The van der Waals surface area contributed by atoms with E-state index in [4.69, 9.17) is 9.97 Å². The Labute approximate surface area is 199 Å². The fourth-order valence-electron chi connectivity index (χ4n) is 4.98. The normalized spacial score (nSPS) is 18.2. The number of imidazole rings is 1. The number of aromatic nitrogens is 3. The topological polar surface area (TPSA) is 37.2 Å². The number of hydrogen-bond donors (Lipinski definition) is 0. The largest absolute Gasteiger partial charge is 0.308 e. The van der Waals surface area contributed by atoms with E-state index < -0.39 is 0 Å². The van der Waals surface area contributed by atoms with Gasteiger partial charge in [-0.25, -0.2) is 9.97 Å². The van der Waals surface area contributed by atoms with Crippen LogP contribution in [-0.2, 0) is 13.0 Å². The Morgan fingerprint density at radius 2 is 1.85 bits per heavy atom. The number of fused-ring (bicyclic) bond motifs is 1. The molecule has 0 N–H and O–H groups in total. The van der Waals surface area contributed by atoms with E-state index in [1.807, 2.05) is 0 Å². The first-order chi connectivity index (χ1) is 15.9. The molecule has 176 valence electrons. The molecular weight excluding hydrogens is 406 g/mol. The third-order valence-electron chi connectivity index (χ3n) is 6.89. The zero-order valence-corrected chi connectivity index (χ0v) is 21.2. The lowest BCUT2D eigenvalue weighted by atomic mass is 10.00. The highest BCUT2D eigenvalue weighted by molar-refractivity contribution is 5.76. The molecule has 2 aromatic heterocycles. The van der Waals surface area contributed by atoms with E-state index in [1.54, 1.807) is 0 Å². The summed E-state index contributed by atoms with van der Waals surface area (Å²) in [6, 6.07) is 11.7. The lowest BCUT2D eigenvalue weighted by Crippen LogP contribution is -2.53. The van der Waals surface area contributed by atoms with Crippen LogP contribution in [-0.4, -0.2) is 63.6 Å². The molecule has 1 fully saturated rings. The number of pyridine rings is 1. The Balaban J connectivity index is 1.45. The Hall–Kier alpha value is -2.50. The van der Waals surface area contributed by atoms with Gasteiger partial charge in [-0.3, -0.25) is 4.90 Å². The smallest absolute Gasteiger partial charge is 0.160 e. The zero-order chi connectivity index (χ0) is 23.5. The third kappa shape index (κ3) is 5.36. The quantitative estimate of drug-likeness (QED) is 0.516. The lowest BCUT2D eigenvalue weighted by molar-refractivity contribution is 0.0733. The third-order valence-corrected chi connectivity index (χ3v) is 6.89. The summed E-state index contributed by atoms with van der Waals surface area (Å²) in [5.41, 5.74) is 6.81. The molecule has 5 nitrogen and oxygen atoms in total. The van der Waals surface area contributed by atoms with Gasteiger partial charge in [0.1, 0.15) is 11.3 Å². The Morgan fingerprint density at radius 1 is 1.09 bits per heavy atom. The fourth-order valence-corrected chi connectivity index (χ4v) is 4.98. The number of likely N-dealkylation sites (N-methyl/N-ethyl adjacent to an activating group) is 1. The van der Waals surface area contributed by atoms with Crippen LogP contribution in [0.5, 0.6) is 0 Å². The molecule has 0 amide bonds. The molecule has 0 bridgehead atoms. The molecule has 1 atom stereocenters. The maximum absolute atomic E-state index is 4.88. The van der Waals surface area contributed by atoms with Crippen LogP contribution >= 0.6 is 0 Å². The van der Waals surface area contributed by atoms with Gasteiger partial charge in [0.05, 0.1) is 6.54 Å². The first-order valence-electron chi connectivity index (χ1n) is 12.4. The maximum atomic E-state index is 4.88. The summed E-state index contributed by atoms with van der Waals surface area (Å²) in [6.45, 7) is 16.3. The first-order valence-corrected chi connectivity index (χ1v) is 12.4. The highest BCUT2D eigenvalue weighted by Crippen LogP contribution is 2.21. The number of rotatable bonds is 7. The molecule has 3 heterocycles. The van der Waals surface area contributed by atoms with Gasteiger partial charge in [-0.1, -0.05) is 57.2 Å². The highest BCUT2D eigenvalue weighted by Gasteiger charge is 2.26. The van der Waals surface area contributed by atoms with Crippen LogP contribution in [0.25, 0.3) is 17.2 Å². The molecule has 1 aliphatic rings. The second-order valence-corrected chi connectivity index (χ2v) is 9.93. The maximum Gasteiger partial charge on any atom is 0.160 e. The molecule has 4 rings (SSSR count). The van der Waals surface area contributed by atoms with E-state index in [9.17, 15) is 0 Å². The standard InChI is InChI=1S/C28H39N5/c1-7-26-30-27-21(4)17-22(5)29-28(27)33(26)18-24-12-10-23(11-13-24)9-8-14-32-16-15-31(6)19-25(32)20(2)3/h8-13,17,20,25H,7,14-16,18-19H2,1-6H3/b9-8+/t25-/m1/s1. The molecule has 1 saturated heterocycles. The molecule has 3 aromatic rings. The van der Waals surface area contributed by atoms with Crippen molar-refractivity contribution in [3.8, 4) is 0 Å². The van der Waals surface area contributed by atoms with Crippen molar-refractivity contribution in [2.45, 2.75) is 53.6 Å². The van der Waals surface area contributed by atoms with Gasteiger partial charge in [0.25, 0.3) is 0 Å². The minimum absolute atomic E-state index is 0.634. The first kappa shape index (κ1) is 23.7. The Bertz CT molecular complexity index is 1110. The van der Waals surface area contributed by atoms with Crippen LogP contribution in [0.1, 0.15) is 49.0 Å². The van der Waals surface area contributed by atoms with Gasteiger partial charge in [0, 0.05) is 44.3 Å². The van der Waals surface area contributed by atoms with Crippen molar-refractivity contribution < 1.29 is 0 Å². The van der Waals surface area contributed by atoms with Gasteiger partial charge in [-0.05, 0) is 49.6 Å². The summed E-state index contributed by atoms with van der Waals surface area (Å²) < 4.78 is 2.28. The van der Waals surface area contributed by atoms with Crippen molar-refractivity contribution in [3.05, 3.63) is 64.6 Å². The summed E-state index contributed by atoms with van der Waals surface area (Å²) in [7, 11) is 2.23. The second kappa shape index (κ2) is 10.2. The summed E-state index contributed by atoms with van der Waals surface area (Å²) in [5, 5.41) is 0. The number of piperazine rings is 1. The number of hydrogen-bond acceptors (Lipinski definition) is 4. The molecule has 0 spiro atoms. The molecule has 0 radical (unpaired) electrons. The highest BCUT2D eigenvalue weighted by atomic mass is 15.3. The molecule has 0 unspecified atom stereocenters. The van der Waals surface area contributed by atoms with E-state index in [1.165, 1.54) is 16.7 Å². The van der Waals surface area contributed by atoms with Crippen LogP contribution in [0.3, 0.4) is 0 Å². The average molecular weight is 446 g/mol. The molecule has 5 heteroatoms. The van der Waals surface area contributed by atoms with Gasteiger partial charge in [0.15, 0.2) is 5.65 Å². The van der Waals surface area contributed by atoms with E-state index >= 15 is 0 Å². The van der Waals surface area contributed by atoms with Crippen molar-refractivity contribution in [2.75, 3.05) is 33.2 Å². The van der Waals surface area contributed by atoms with Crippen molar-refractivity contribution in [1.29, 1.82) is 0 Å². The average Bonchev–Trinajstić information content (AvgIpc) is 3.13. The van der Waals surface area contributed by atoms with Crippen molar-refractivity contribution in [1.82, 2.24) is 24.3 Å². The van der Waals surface area contributed by atoms with Gasteiger partial charge in [-0.15, -0.1) is 0 Å². The zero-order valence-electron chi connectivity index (χ0n) is 21.2. The second-order valence-electron chi connectivity index (χ2n) is 9.93. The van der Waals surface area contributed by atoms with Crippen molar-refractivity contribution in [2.24, 2.45) is 5.92 Å². The van der Waals surface area contributed by atoms with Crippen LogP contribution < -0.4 is 0 Å². The van der Waals surface area contributed by atoms with Crippen LogP contribution in [0, 0.1) is 19.8 Å². The number of aryl methyl sites for hydroxylation is 3. The minimum atomic E-state index is 0.634. The molecule has 0 saturated carbocycles. The number of benzene rings is 1. The Kier molecular flexibility index (Phi) is 7.30. The summed E-state index contributed by atoms with van der Waals surface area (Å²) in [4.78, 5) is 14.8. The summed E-state index contributed by atoms with van der Waals surface area (Å²) in [5.74, 6) is 1.77. The van der Waals surface area contributed by atoms with Gasteiger partial charge >= 0.3 is 0 Å². The van der Waals surface area contributed by atoms with Crippen molar-refractivity contribution >= 4 is 17.2 Å². The fraction of sp³-hybridized carbons (Fsp3) is 0.500. The van der Waals surface area contributed by atoms with E-state index in [2.05, 4.69) is 98.5 Å². The monoisotopic (exact) mass is 445 g/mol. The van der Waals surface area contributed by atoms with Crippen LogP contribution in [0.4, 0.5) is 0 Å². The summed E-state index contributed by atoms with van der Waals surface area (Å²) >= 11 is 0. The van der Waals surface area contributed by atoms with Gasteiger partial charge in [-0.2, -0.15) is 0 Å². The predicted octanol–water partition coefficient (Wildman–Crippen LogP) is 4.94. The summed E-state index contributed by atoms with van der Waals surface area (Å²) in [6.07, 6.45) is 5.49. The minimum Gasteiger partial charge on any atom is -0.308 e.